The number of nitrogens with zero attached hydrogens (tertiary/aromatic N) is 1. The molecule has 1 unspecified atom stereocenters. The van der Waals surface area contributed by atoms with E-state index in [1.165, 1.54) is 0 Å². The Labute approximate surface area is 117 Å². The minimum atomic E-state index is -0.222. The van der Waals surface area contributed by atoms with E-state index >= 15 is 0 Å². The summed E-state index contributed by atoms with van der Waals surface area (Å²) in [6.45, 7) is 3.38. The molecule has 0 aliphatic carbocycles. The maximum atomic E-state index is 11.9. The fourth-order valence-electron chi connectivity index (χ4n) is 2.09. The van der Waals surface area contributed by atoms with Gasteiger partial charge in [0.15, 0.2) is 5.76 Å². The summed E-state index contributed by atoms with van der Waals surface area (Å²) in [7, 11) is 0. The molecule has 1 aliphatic heterocycles. The first-order valence-corrected chi connectivity index (χ1v) is 6.76. The maximum absolute atomic E-state index is 11.9. The molecular weight excluding hydrogens is 254 g/mol. The van der Waals surface area contributed by atoms with Crippen LogP contribution in [0.4, 0.5) is 0 Å². The van der Waals surface area contributed by atoms with Crippen LogP contribution in [0.1, 0.15) is 18.9 Å². The lowest BCUT2D eigenvalue weighted by Gasteiger charge is -2.26. The van der Waals surface area contributed by atoms with E-state index in [4.69, 9.17) is 4.42 Å². The summed E-state index contributed by atoms with van der Waals surface area (Å²) >= 11 is 0. The predicted molar refractivity (Wildman–Crippen MR) is 74.9 cm³/mol. The molecule has 3 rings (SSSR count). The second-order valence-electron chi connectivity index (χ2n) is 5.01. The zero-order valence-corrected chi connectivity index (χ0v) is 11.3. The molecule has 5 heteroatoms. The highest BCUT2D eigenvalue weighted by Crippen LogP contribution is 2.22. The van der Waals surface area contributed by atoms with Gasteiger partial charge in [-0.2, -0.15) is 0 Å². The van der Waals surface area contributed by atoms with Gasteiger partial charge in [0.05, 0.1) is 12.1 Å². The minimum Gasteiger partial charge on any atom is -0.438 e. The van der Waals surface area contributed by atoms with Gasteiger partial charge in [-0.25, -0.2) is 4.98 Å². The number of carbonyl (C=O) groups is 1. The Hall–Kier alpha value is -2.14. The molecule has 1 aromatic carbocycles. The largest absolute Gasteiger partial charge is 0.438 e. The van der Waals surface area contributed by atoms with Crippen LogP contribution < -0.4 is 10.6 Å². The van der Waals surface area contributed by atoms with Crippen molar-refractivity contribution in [2.75, 3.05) is 13.1 Å². The number of hydrogen-bond donors (Lipinski definition) is 2. The summed E-state index contributed by atoms with van der Waals surface area (Å²) in [6.07, 6.45) is 1.69. The van der Waals surface area contributed by atoms with Crippen LogP contribution in [0.5, 0.6) is 0 Å². The van der Waals surface area contributed by atoms with Gasteiger partial charge in [0.25, 0.3) is 0 Å². The number of nitrogens with one attached hydrogen (secondary N) is 2. The van der Waals surface area contributed by atoms with Gasteiger partial charge >= 0.3 is 0 Å². The minimum absolute atomic E-state index is 0.0516. The molecule has 2 N–H and O–H groups in total. The number of amides is 1. The van der Waals surface area contributed by atoms with Gasteiger partial charge < -0.3 is 15.1 Å². The van der Waals surface area contributed by atoms with Gasteiger partial charge in [-0.05, 0) is 6.92 Å². The van der Waals surface area contributed by atoms with Crippen molar-refractivity contribution >= 4 is 5.91 Å². The first-order chi connectivity index (χ1) is 9.74. The first kappa shape index (κ1) is 12.9. The Morgan fingerprint density at radius 3 is 2.80 bits per heavy atom. The highest BCUT2D eigenvalue weighted by Gasteiger charge is 2.27. The third-order valence-corrected chi connectivity index (χ3v) is 3.46. The highest BCUT2D eigenvalue weighted by atomic mass is 16.4. The second-order valence-corrected chi connectivity index (χ2v) is 5.01. The smallest absolute Gasteiger partial charge is 0.226 e. The standard InChI is InChI=1S/C15H17N3O2/c1-10(18-14(19)12-7-16-8-12)15-17-9-13(20-15)11-5-3-2-4-6-11/h2-6,9-10,12,16H,7-8H2,1H3,(H,18,19). The molecule has 1 atom stereocenters. The van der Waals surface area contributed by atoms with Crippen LogP contribution in [0.3, 0.4) is 0 Å². The first-order valence-electron chi connectivity index (χ1n) is 6.76. The van der Waals surface area contributed by atoms with Crippen LogP contribution in [-0.4, -0.2) is 24.0 Å². The molecule has 104 valence electrons. The number of benzene rings is 1. The van der Waals surface area contributed by atoms with Crippen molar-refractivity contribution in [2.45, 2.75) is 13.0 Å². The van der Waals surface area contributed by atoms with Crippen molar-refractivity contribution in [2.24, 2.45) is 5.92 Å². The van der Waals surface area contributed by atoms with Gasteiger partial charge in [-0.1, -0.05) is 30.3 Å². The monoisotopic (exact) mass is 271 g/mol. The summed E-state index contributed by atoms with van der Waals surface area (Å²) in [4.78, 5) is 16.1. The molecule has 1 aromatic heterocycles. The normalized spacial score (nSPS) is 16.4. The molecule has 1 saturated heterocycles. The quantitative estimate of drug-likeness (QED) is 0.889. The molecule has 20 heavy (non-hydrogen) atoms. The van der Waals surface area contributed by atoms with E-state index in [9.17, 15) is 4.79 Å². The lowest BCUT2D eigenvalue weighted by molar-refractivity contribution is -0.127. The topological polar surface area (TPSA) is 67.2 Å². The summed E-state index contributed by atoms with van der Waals surface area (Å²) in [6, 6.07) is 9.57. The van der Waals surface area contributed by atoms with Crippen LogP contribution >= 0.6 is 0 Å². The fraction of sp³-hybridized carbons (Fsp3) is 0.333. The number of aromatic nitrogens is 1. The van der Waals surface area contributed by atoms with Gasteiger partial charge in [0.1, 0.15) is 6.04 Å². The molecule has 0 radical (unpaired) electrons. The van der Waals surface area contributed by atoms with E-state index in [2.05, 4.69) is 15.6 Å². The molecular formula is C15H17N3O2. The molecule has 1 aliphatic rings. The van der Waals surface area contributed by atoms with Crippen LogP contribution in [0.2, 0.25) is 0 Å². The van der Waals surface area contributed by atoms with E-state index in [-0.39, 0.29) is 17.9 Å². The average molecular weight is 271 g/mol. The predicted octanol–water partition coefficient (Wildman–Crippen LogP) is 1.74. The van der Waals surface area contributed by atoms with Crippen molar-refractivity contribution in [3.05, 3.63) is 42.4 Å². The summed E-state index contributed by atoms with van der Waals surface area (Å²) in [5.74, 6) is 1.37. The third-order valence-electron chi connectivity index (χ3n) is 3.46. The second kappa shape index (κ2) is 5.46. The van der Waals surface area contributed by atoms with E-state index in [1.54, 1.807) is 6.20 Å². The Morgan fingerprint density at radius 2 is 2.15 bits per heavy atom. The summed E-state index contributed by atoms with van der Waals surface area (Å²) < 4.78 is 5.72. The zero-order chi connectivity index (χ0) is 13.9. The van der Waals surface area contributed by atoms with E-state index in [0.717, 1.165) is 18.7 Å². The number of carbonyl (C=O) groups excluding carboxylic acids is 1. The highest BCUT2D eigenvalue weighted by molar-refractivity contribution is 5.80. The average Bonchev–Trinajstić information content (AvgIpc) is 2.87. The van der Waals surface area contributed by atoms with Gasteiger partial charge in [0.2, 0.25) is 11.8 Å². The van der Waals surface area contributed by atoms with E-state index in [1.807, 2.05) is 37.3 Å². The van der Waals surface area contributed by atoms with Crippen LogP contribution in [-0.2, 0) is 4.79 Å². The summed E-state index contributed by atoms with van der Waals surface area (Å²) in [5, 5.41) is 6.01. The molecule has 1 fully saturated rings. The maximum Gasteiger partial charge on any atom is 0.226 e. The Kier molecular flexibility index (Phi) is 3.52. The molecule has 2 aromatic rings. The van der Waals surface area contributed by atoms with Gasteiger partial charge in [-0.3, -0.25) is 4.79 Å². The van der Waals surface area contributed by atoms with Crippen molar-refractivity contribution in [1.82, 2.24) is 15.6 Å². The van der Waals surface area contributed by atoms with E-state index < -0.39 is 0 Å². The van der Waals surface area contributed by atoms with Crippen LogP contribution in [0, 0.1) is 5.92 Å². The fourth-order valence-corrected chi connectivity index (χ4v) is 2.09. The lowest BCUT2D eigenvalue weighted by atomic mass is 10.0. The van der Waals surface area contributed by atoms with Gasteiger partial charge in [-0.15, -0.1) is 0 Å². The molecule has 0 saturated carbocycles. The zero-order valence-electron chi connectivity index (χ0n) is 11.3. The van der Waals surface area contributed by atoms with Crippen molar-refractivity contribution < 1.29 is 9.21 Å². The third kappa shape index (κ3) is 2.58. The number of rotatable bonds is 4. The lowest BCUT2D eigenvalue weighted by Crippen LogP contribution is -2.51. The number of oxazole rings is 1. The van der Waals surface area contributed by atoms with Crippen molar-refractivity contribution in [1.29, 1.82) is 0 Å². The molecule has 2 heterocycles. The molecule has 5 nitrogen and oxygen atoms in total. The summed E-state index contributed by atoms with van der Waals surface area (Å²) in [5.41, 5.74) is 0.980. The van der Waals surface area contributed by atoms with Crippen molar-refractivity contribution in [3.63, 3.8) is 0 Å². The SMILES string of the molecule is CC(NC(=O)C1CNC1)c1ncc(-c2ccccc2)o1. The van der Waals surface area contributed by atoms with E-state index in [0.29, 0.717) is 11.7 Å². The molecule has 0 bridgehead atoms. The Morgan fingerprint density at radius 1 is 1.40 bits per heavy atom. The molecule has 0 spiro atoms. The van der Waals surface area contributed by atoms with Crippen LogP contribution in [0.15, 0.2) is 40.9 Å². The van der Waals surface area contributed by atoms with Crippen molar-refractivity contribution in [3.8, 4) is 11.3 Å². The Bertz CT molecular complexity index is 590. The van der Waals surface area contributed by atoms with Gasteiger partial charge in [0, 0.05) is 18.7 Å². The molecule has 1 amide bonds. The number of hydrogen-bond acceptors (Lipinski definition) is 4. The van der Waals surface area contributed by atoms with Crippen LogP contribution in [0.25, 0.3) is 11.3 Å². The Balaban J connectivity index is 1.68.